The van der Waals surface area contributed by atoms with E-state index >= 15 is 0 Å². The van der Waals surface area contributed by atoms with E-state index < -0.39 is 73.5 Å². The molecule has 39 heavy (non-hydrogen) atoms. The van der Waals surface area contributed by atoms with Gasteiger partial charge < -0.3 is 16.0 Å². The number of nitrogens with one attached hydrogen (secondary N) is 1. The van der Waals surface area contributed by atoms with Crippen LogP contribution in [-0.2, 0) is 20.8 Å². The van der Waals surface area contributed by atoms with Crippen LogP contribution in [0.4, 0.5) is 37.7 Å². The van der Waals surface area contributed by atoms with E-state index in [-0.39, 0.29) is 13.0 Å². The van der Waals surface area contributed by atoms with E-state index in [1.54, 1.807) is 53.4 Å². The summed E-state index contributed by atoms with van der Waals surface area (Å²) in [4.78, 5) is 40.2. The highest BCUT2D eigenvalue weighted by Gasteiger charge is 2.40. The Morgan fingerprint density at radius 2 is 1.59 bits per heavy atom. The topological polar surface area (TPSA) is 92.5 Å². The lowest BCUT2D eigenvalue weighted by Gasteiger charge is -2.30. The van der Waals surface area contributed by atoms with E-state index in [0.29, 0.717) is 22.0 Å². The summed E-state index contributed by atoms with van der Waals surface area (Å²) in [7, 11) is 0. The van der Waals surface area contributed by atoms with Crippen LogP contribution in [0.2, 0.25) is 5.02 Å². The lowest BCUT2D eigenvalue weighted by molar-refractivity contribution is -0.152. The van der Waals surface area contributed by atoms with Gasteiger partial charge in [-0.3, -0.25) is 14.4 Å². The maximum absolute atomic E-state index is 13.3. The maximum atomic E-state index is 13.3. The van der Waals surface area contributed by atoms with Crippen LogP contribution in [0, 0.1) is 11.8 Å². The molecule has 212 valence electrons. The number of nitrogens with two attached hydrogens (primary N) is 1. The van der Waals surface area contributed by atoms with Crippen LogP contribution in [0.5, 0.6) is 0 Å². The quantitative estimate of drug-likeness (QED) is 0.386. The Morgan fingerprint density at radius 1 is 0.974 bits per heavy atom. The van der Waals surface area contributed by atoms with Gasteiger partial charge in [-0.1, -0.05) is 35.9 Å². The fraction of sp³-hybridized carbons (Fsp3) is 0.423. The standard InChI is InChI=1S/C26H26ClF6N3O3/c27-16-5-3-6-17(13-16)36-14-20(22(37)12-15-4-1-2-7-21(15)36)35-24(39)19(9-11-26(31,32)33)18(23(34)38)8-10-25(28,29)30/h1-7,13,18-20H,8-12,14H2,(H2,34,38)(H,35,39)/t18-,19+,20-/m0/s1. The number of halogens is 7. The summed E-state index contributed by atoms with van der Waals surface area (Å²) in [5.41, 5.74) is 7.07. The molecule has 2 aromatic carbocycles. The second-order valence-corrected chi connectivity index (χ2v) is 9.78. The number of alkyl halides is 6. The van der Waals surface area contributed by atoms with Crippen LogP contribution in [0.3, 0.4) is 0 Å². The van der Waals surface area contributed by atoms with E-state index in [2.05, 4.69) is 5.32 Å². The summed E-state index contributed by atoms with van der Waals surface area (Å²) in [6, 6.07) is 12.3. The van der Waals surface area contributed by atoms with Crippen LogP contribution in [0.15, 0.2) is 48.5 Å². The first-order valence-corrected chi connectivity index (χ1v) is 12.4. The highest BCUT2D eigenvalue weighted by atomic mass is 35.5. The molecule has 0 radical (unpaired) electrons. The number of benzene rings is 2. The van der Waals surface area contributed by atoms with E-state index in [1.807, 2.05) is 0 Å². The Kier molecular flexibility index (Phi) is 9.52. The minimum atomic E-state index is -4.74. The highest BCUT2D eigenvalue weighted by Crippen LogP contribution is 2.35. The average molecular weight is 578 g/mol. The van der Waals surface area contributed by atoms with Gasteiger partial charge in [-0.15, -0.1) is 0 Å². The third-order valence-electron chi connectivity index (χ3n) is 6.50. The summed E-state index contributed by atoms with van der Waals surface area (Å²) < 4.78 is 77.6. The van der Waals surface area contributed by atoms with Crippen molar-refractivity contribution in [1.29, 1.82) is 0 Å². The molecule has 3 N–H and O–H groups in total. The third kappa shape index (κ3) is 8.61. The summed E-state index contributed by atoms with van der Waals surface area (Å²) >= 11 is 6.14. The van der Waals surface area contributed by atoms with Gasteiger partial charge in [0.2, 0.25) is 11.8 Å². The zero-order valence-electron chi connectivity index (χ0n) is 20.5. The number of carbonyl (C=O) groups is 3. The molecule has 0 spiro atoms. The number of para-hydroxylation sites is 1. The van der Waals surface area contributed by atoms with Gasteiger partial charge in [0.25, 0.3) is 0 Å². The third-order valence-corrected chi connectivity index (χ3v) is 6.74. The predicted octanol–water partition coefficient (Wildman–Crippen LogP) is 5.49. The largest absolute Gasteiger partial charge is 0.389 e. The van der Waals surface area contributed by atoms with Crippen molar-refractivity contribution in [1.82, 2.24) is 5.32 Å². The predicted molar refractivity (Wildman–Crippen MR) is 132 cm³/mol. The molecule has 1 aliphatic rings. The normalized spacial score (nSPS) is 17.7. The summed E-state index contributed by atoms with van der Waals surface area (Å²) in [6.45, 7) is -0.141. The molecule has 0 fully saturated rings. The number of ketones is 1. The highest BCUT2D eigenvalue weighted by molar-refractivity contribution is 6.30. The zero-order chi connectivity index (χ0) is 29.0. The number of amides is 2. The summed E-state index contributed by atoms with van der Waals surface area (Å²) in [6.07, 6.45) is -14.6. The van der Waals surface area contributed by atoms with Crippen LogP contribution < -0.4 is 16.0 Å². The van der Waals surface area contributed by atoms with Gasteiger partial charge in [-0.25, -0.2) is 0 Å². The molecule has 3 atom stereocenters. The van der Waals surface area contributed by atoms with Gasteiger partial charge in [-0.05, 0) is 42.7 Å². The zero-order valence-corrected chi connectivity index (χ0v) is 21.2. The molecule has 6 nitrogen and oxygen atoms in total. The molecule has 0 unspecified atom stereocenters. The Balaban J connectivity index is 1.92. The number of carbonyl (C=O) groups excluding carboxylic acids is 3. The number of nitrogens with zero attached hydrogens (tertiary/aromatic N) is 1. The number of anilines is 2. The first kappa shape index (κ1) is 30.3. The van der Waals surface area contributed by atoms with Crippen LogP contribution in [-0.4, -0.2) is 42.5 Å². The SMILES string of the molecule is NC(=O)[C@@H](CCC(F)(F)F)[C@@H](CCC(F)(F)F)C(=O)N[C@H]1CN(c2cccc(Cl)c2)c2ccccc2CC1=O. The van der Waals surface area contributed by atoms with Crippen molar-refractivity contribution in [2.45, 2.75) is 50.5 Å². The van der Waals surface area contributed by atoms with Crippen molar-refractivity contribution in [3.63, 3.8) is 0 Å². The van der Waals surface area contributed by atoms with Gasteiger partial charge in [0.05, 0.1) is 6.54 Å². The number of primary amides is 1. The molecule has 0 aliphatic carbocycles. The minimum Gasteiger partial charge on any atom is -0.369 e. The van der Waals surface area contributed by atoms with Gasteiger partial charge in [0.15, 0.2) is 5.78 Å². The molecular formula is C26H26ClF6N3O3. The van der Waals surface area contributed by atoms with Gasteiger partial charge in [0, 0.05) is 47.5 Å². The fourth-order valence-electron chi connectivity index (χ4n) is 4.61. The molecule has 1 heterocycles. The van der Waals surface area contributed by atoms with Crippen molar-refractivity contribution in [2.24, 2.45) is 17.6 Å². The van der Waals surface area contributed by atoms with E-state index in [0.717, 1.165) is 0 Å². The van der Waals surface area contributed by atoms with E-state index in [9.17, 15) is 40.7 Å². The molecule has 0 saturated heterocycles. The van der Waals surface area contributed by atoms with Crippen LogP contribution in [0.25, 0.3) is 0 Å². The molecule has 2 aromatic rings. The monoisotopic (exact) mass is 577 g/mol. The Bertz CT molecular complexity index is 1200. The van der Waals surface area contributed by atoms with Crippen molar-refractivity contribution in [3.8, 4) is 0 Å². The molecule has 2 amide bonds. The lowest BCUT2D eigenvalue weighted by atomic mass is 9.83. The van der Waals surface area contributed by atoms with Crippen LogP contribution >= 0.6 is 11.6 Å². The lowest BCUT2D eigenvalue weighted by Crippen LogP contribution is -2.51. The van der Waals surface area contributed by atoms with Gasteiger partial charge in [-0.2, -0.15) is 26.3 Å². The van der Waals surface area contributed by atoms with Gasteiger partial charge in [0.1, 0.15) is 6.04 Å². The molecule has 0 bridgehead atoms. The summed E-state index contributed by atoms with van der Waals surface area (Å²) in [5.74, 6) is -6.61. The molecule has 13 heteroatoms. The molecule has 3 rings (SSSR count). The second-order valence-electron chi connectivity index (χ2n) is 9.35. The van der Waals surface area contributed by atoms with E-state index in [1.165, 1.54) is 0 Å². The maximum Gasteiger partial charge on any atom is 0.389 e. The minimum absolute atomic E-state index is 0.126. The molecule has 1 aliphatic heterocycles. The Labute approximate surface area is 225 Å². The van der Waals surface area contributed by atoms with E-state index in [4.69, 9.17) is 17.3 Å². The van der Waals surface area contributed by atoms with Crippen molar-refractivity contribution >= 4 is 40.6 Å². The summed E-state index contributed by atoms with van der Waals surface area (Å²) in [5, 5.41) is 2.80. The average Bonchev–Trinajstić information content (AvgIpc) is 2.95. The van der Waals surface area contributed by atoms with Crippen molar-refractivity contribution in [3.05, 3.63) is 59.1 Å². The van der Waals surface area contributed by atoms with Crippen LogP contribution in [0.1, 0.15) is 31.2 Å². The van der Waals surface area contributed by atoms with Crippen molar-refractivity contribution < 1.29 is 40.7 Å². The first-order valence-electron chi connectivity index (χ1n) is 12.0. The smallest absolute Gasteiger partial charge is 0.369 e. The molecular weight excluding hydrogens is 552 g/mol. The Morgan fingerprint density at radius 3 is 2.18 bits per heavy atom. The second kappa shape index (κ2) is 12.3. The first-order chi connectivity index (χ1) is 18.1. The van der Waals surface area contributed by atoms with Gasteiger partial charge >= 0.3 is 12.4 Å². The number of rotatable bonds is 9. The number of hydrogen-bond donors (Lipinski definition) is 2. The number of Topliss-reactive ketones (excluding diaryl/α,β-unsaturated/α-hetero) is 1. The molecule has 0 saturated carbocycles. The fourth-order valence-corrected chi connectivity index (χ4v) is 4.79. The Hall–Kier alpha value is -3.28. The van der Waals surface area contributed by atoms with Crippen molar-refractivity contribution in [2.75, 3.05) is 11.4 Å². The molecule has 0 aromatic heterocycles. The number of hydrogen-bond acceptors (Lipinski definition) is 4. The number of fused-ring (bicyclic) bond motifs is 1.